The SMILES string of the molecule is CC[C@H](C)N(C)C(C)(C)C(=O)NC1=CC(C(C)(C)CO)=[N+]1[O-]. The molecule has 1 amide bonds. The average molecular weight is 311 g/mol. The van der Waals surface area contributed by atoms with Crippen molar-refractivity contribution >= 4 is 11.6 Å². The molecule has 0 aromatic carbocycles. The molecule has 1 aliphatic rings. The van der Waals surface area contributed by atoms with Gasteiger partial charge in [-0.2, -0.15) is 0 Å². The number of likely N-dealkylation sites (N-methyl/N-ethyl adjacent to an activating group) is 1. The number of hydroxylamine groups is 1. The Morgan fingerprint density at radius 1 is 1.45 bits per heavy atom. The minimum atomic E-state index is -0.723. The van der Waals surface area contributed by atoms with Gasteiger partial charge in [0.05, 0.1) is 18.1 Å². The Bertz CT molecular complexity index is 507. The number of hydrogen-bond donors (Lipinski definition) is 2. The molecule has 6 heteroatoms. The van der Waals surface area contributed by atoms with Gasteiger partial charge < -0.3 is 10.3 Å². The topological polar surface area (TPSA) is 78.6 Å². The second kappa shape index (κ2) is 6.38. The number of carbonyl (C=O) groups is 1. The summed E-state index contributed by atoms with van der Waals surface area (Å²) in [6.07, 6.45) is 2.56. The fourth-order valence-corrected chi connectivity index (χ4v) is 2.20. The first kappa shape index (κ1) is 18.6. The molecule has 6 nitrogen and oxygen atoms in total. The van der Waals surface area contributed by atoms with Gasteiger partial charge in [-0.05, 0) is 34.2 Å². The van der Waals surface area contributed by atoms with E-state index in [4.69, 9.17) is 0 Å². The third-order valence-corrected chi connectivity index (χ3v) is 4.73. The molecule has 1 rings (SSSR count). The number of nitrogens with one attached hydrogen (secondary N) is 1. The number of aliphatic hydroxyl groups is 1. The number of nitrogens with zero attached hydrogens (tertiary/aromatic N) is 2. The lowest BCUT2D eigenvalue weighted by Gasteiger charge is -2.37. The summed E-state index contributed by atoms with van der Waals surface area (Å²) < 4.78 is 0.688. The van der Waals surface area contributed by atoms with Crippen LogP contribution in [0.2, 0.25) is 0 Å². The third-order valence-electron chi connectivity index (χ3n) is 4.73. The van der Waals surface area contributed by atoms with Gasteiger partial charge in [0.2, 0.25) is 0 Å². The van der Waals surface area contributed by atoms with Crippen LogP contribution in [0.4, 0.5) is 0 Å². The zero-order valence-corrected chi connectivity index (χ0v) is 14.7. The highest BCUT2D eigenvalue weighted by molar-refractivity contribution is 6.00. The van der Waals surface area contributed by atoms with Crippen LogP contribution >= 0.6 is 0 Å². The Hall–Kier alpha value is -1.40. The lowest BCUT2D eigenvalue weighted by Crippen LogP contribution is -2.57. The molecule has 0 aromatic heterocycles. The Morgan fingerprint density at radius 3 is 2.41 bits per heavy atom. The Labute approximate surface area is 133 Å². The van der Waals surface area contributed by atoms with Crippen LogP contribution in [0.3, 0.4) is 0 Å². The number of hydrogen-bond acceptors (Lipinski definition) is 4. The van der Waals surface area contributed by atoms with E-state index < -0.39 is 11.0 Å². The summed E-state index contributed by atoms with van der Waals surface area (Å²) in [6.45, 7) is 11.2. The summed E-state index contributed by atoms with van der Waals surface area (Å²) >= 11 is 0. The number of amides is 1. The van der Waals surface area contributed by atoms with Crippen molar-refractivity contribution in [3.05, 3.63) is 17.1 Å². The number of rotatable bonds is 7. The highest BCUT2D eigenvalue weighted by atomic mass is 16.5. The van der Waals surface area contributed by atoms with Gasteiger partial charge in [0.1, 0.15) is 11.3 Å². The Balaban J connectivity index is 2.78. The van der Waals surface area contributed by atoms with Crippen molar-refractivity contribution in [1.82, 2.24) is 10.2 Å². The normalized spacial score (nSPS) is 17.2. The van der Waals surface area contributed by atoms with Gasteiger partial charge in [-0.1, -0.05) is 20.8 Å². The fraction of sp³-hybridized carbons (Fsp3) is 0.750. The minimum absolute atomic E-state index is 0.124. The fourth-order valence-electron chi connectivity index (χ4n) is 2.20. The Morgan fingerprint density at radius 2 is 2.00 bits per heavy atom. The summed E-state index contributed by atoms with van der Waals surface area (Å²) in [7, 11) is 1.91. The smallest absolute Gasteiger partial charge is 0.327 e. The predicted molar refractivity (Wildman–Crippen MR) is 87.3 cm³/mol. The molecule has 126 valence electrons. The molecular weight excluding hydrogens is 282 g/mol. The van der Waals surface area contributed by atoms with Crippen molar-refractivity contribution in [3.8, 4) is 0 Å². The van der Waals surface area contributed by atoms with Gasteiger partial charge in [-0.15, -0.1) is 0 Å². The summed E-state index contributed by atoms with van der Waals surface area (Å²) in [5.74, 6) is 0.00964. The summed E-state index contributed by atoms with van der Waals surface area (Å²) in [5.41, 5.74) is -0.864. The van der Waals surface area contributed by atoms with Crippen molar-refractivity contribution in [2.45, 2.75) is 59.5 Å². The molecule has 1 heterocycles. The molecule has 0 spiro atoms. The van der Waals surface area contributed by atoms with Crippen LogP contribution in [0.1, 0.15) is 48.0 Å². The van der Waals surface area contributed by atoms with Crippen LogP contribution in [0, 0.1) is 10.6 Å². The highest BCUT2D eigenvalue weighted by Gasteiger charge is 2.41. The molecule has 0 bridgehead atoms. The molecule has 0 unspecified atom stereocenters. The van der Waals surface area contributed by atoms with E-state index in [0.717, 1.165) is 6.42 Å². The predicted octanol–water partition coefficient (Wildman–Crippen LogP) is 1.44. The van der Waals surface area contributed by atoms with E-state index in [2.05, 4.69) is 19.2 Å². The average Bonchev–Trinajstić information content (AvgIpc) is 2.47. The van der Waals surface area contributed by atoms with Gasteiger partial charge in [0, 0.05) is 6.04 Å². The number of aliphatic hydroxyl groups excluding tert-OH is 1. The number of allylic oxidation sites excluding steroid dienone is 1. The molecule has 0 aromatic rings. The zero-order valence-electron chi connectivity index (χ0n) is 14.7. The molecule has 0 saturated heterocycles. The van der Waals surface area contributed by atoms with Crippen LogP contribution < -0.4 is 5.32 Å². The molecule has 1 aliphatic heterocycles. The quantitative estimate of drug-likeness (QED) is 0.551. The highest BCUT2D eigenvalue weighted by Crippen LogP contribution is 2.25. The van der Waals surface area contributed by atoms with E-state index in [1.807, 2.05) is 25.8 Å². The third kappa shape index (κ3) is 3.33. The van der Waals surface area contributed by atoms with Crippen molar-refractivity contribution in [2.75, 3.05) is 13.7 Å². The first-order valence-electron chi connectivity index (χ1n) is 7.70. The van der Waals surface area contributed by atoms with Crippen LogP contribution in [-0.2, 0) is 4.79 Å². The van der Waals surface area contributed by atoms with Crippen LogP contribution in [0.5, 0.6) is 0 Å². The molecule has 22 heavy (non-hydrogen) atoms. The van der Waals surface area contributed by atoms with Gasteiger partial charge in [0.15, 0.2) is 0 Å². The molecule has 0 saturated carbocycles. The number of carbonyl (C=O) groups excluding carboxylic acids is 1. The maximum Gasteiger partial charge on any atom is 0.327 e. The maximum absolute atomic E-state index is 12.5. The van der Waals surface area contributed by atoms with Crippen molar-refractivity contribution < 1.29 is 14.6 Å². The zero-order chi connectivity index (χ0) is 17.3. The van der Waals surface area contributed by atoms with E-state index in [9.17, 15) is 15.1 Å². The van der Waals surface area contributed by atoms with Crippen LogP contribution in [-0.4, -0.2) is 51.6 Å². The second-order valence-corrected chi connectivity index (χ2v) is 7.13. The molecule has 1 atom stereocenters. The van der Waals surface area contributed by atoms with E-state index in [-0.39, 0.29) is 24.4 Å². The standard InChI is InChI=1S/C16H29N3O3/c1-8-11(2)18(7)16(5,6)14(21)17-13-9-12(19(13)22)15(3,4)10-20/h9,11,20H,8,10H2,1-7H3,(H,17,21)/t11-/m0/s1. The molecule has 0 fully saturated rings. The van der Waals surface area contributed by atoms with Crippen molar-refractivity contribution in [2.24, 2.45) is 5.41 Å². The lowest BCUT2D eigenvalue weighted by molar-refractivity contribution is -0.424. The summed E-state index contributed by atoms with van der Waals surface area (Å²) in [5, 5.41) is 24.0. The van der Waals surface area contributed by atoms with Gasteiger partial charge in [-0.25, -0.2) is 14.9 Å². The first-order chi connectivity index (χ1) is 9.98. The molecule has 0 aliphatic carbocycles. The molecule has 2 N–H and O–H groups in total. The minimum Gasteiger partial charge on any atom is -0.710 e. The largest absolute Gasteiger partial charge is 0.710 e. The monoisotopic (exact) mass is 311 g/mol. The van der Waals surface area contributed by atoms with Gasteiger partial charge >= 0.3 is 5.91 Å². The second-order valence-electron chi connectivity index (χ2n) is 7.13. The van der Waals surface area contributed by atoms with E-state index in [1.54, 1.807) is 19.9 Å². The molecule has 0 radical (unpaired) electrons. The van der Waals surface area contributed by atoms with Crippen LogP contribution in [0.15, 0.2) is 11.9 Å². The first-order valence-corrected chi connectivity index (χ1v) is 7.70. The molecular formula is C16H29N3O3. The summed E-state index contributed by atoms with van der Waals surface area (Å²) in [6, 6.07) is 0.259. The maximum atomic E-state index is 12.5. The summed E-state index contributed by atoms with van der Waals surface area (Å²) in [4.78, 5) is 14.5. The van der Waals surface area contributed by atoms with Crippen molar-refractivity contribution in [3.63, 3.8) is 0 Å². The van der Waals surface area contributed by atoms with E-state index in [1.165, 1.54) is 0 Å². The lowest BCUT2D eigenvalue weighted by atomic mass is 9.86. The van der Waals surface area contributed by atoms with Gasteiger partial charge in [0.25, 0.3) is 5.82 Å². The van der Waals surface area contributed by atoms with Crippen LogP contribution in [0.25, 0.3) is 0 Å². The van der Waals surface area contributed by atoms with Crippen molar-refractivity contribution in [1.29, 1.82) is 0 Å². The van der Waals surface area contributed by atoms with E-state index >= 15 is 0 Å². The Kier molecular flexibility index (Phi) is 5.41. The van der Waals surface area contributed by atoms with Gasteiger partial charge in [-0.3, -0.25) is 4.90 Å². The van der Waals surface area contributed by atoms with E-state index in [0.29, 0.717) is 10.5 Å².